The molecule has 1 aromatic rings. The van der Waals surface area contributed by atoms with Gasteiger partial charge in [-0.05, 0) is 44.8 Å². The van der Waals surface area contributed by atoms with Gasteiger partial charge in [-0.2, -0.15) is 0 Å². The number of rotatable bonds is 3. The molecule has 1 nitrogen and oxygen atoms in total. The van der Waals surface area contributed by atoms with Crippen molar-refractivity contribution in [1.29, 1.82) is 0 Å². The molecule has 88 valence electrons. The molecule has 0 bridgehead atoms. The molecule has 1 aromatic carbocycles. The van der Waals surface area contributed by atoms with Crippen molar-refractivity contribution in [3.63, 3.8) is 0 Å². The Bertz CT molecular complexity index is 309. The molecule has 1 unspecified atom stereocenters. The molecule has 1 heteroatoms. The van der Waals surface area contributed by atoms with Crippen LogP contribution in [0.5, 0.6) is 0 Å². The maximum absolute atomic E-state index is 2.66. The summed E-state index contributed by atoms with van der Waals surface area (Å²) >= 11 is 0. The second-order valence-corrected chi connectivity index (χ2v) is 4.93. The predicted molar refractivity (Wildman–Crippen MR) is 69.6 cm³/mol. The number of aryl methyl sites for hydroxylation is 1. The summed E-state index contributed by atoms with van der Waals surface area (Å²) in [6.07, 6.45) is 5.40. The Morgan fingerprint density at radius 2 is 1.69 bits per heavy atom. The molecular formula is C15H23N. The van der Waals surface area contributed by atoms with Gasteiger partial charge in [0.1, 0.15) is 0 Å². The van der Waals surface area contributed by atoms with Crippen LogP contribution < -0.4 is 0 Å². The quantitative estimate of drug-likeness (QED) is 0.741. The summed E-state index contributed by atoms with van der Waals surface area (Å²) in [7, 11) is 0. The molecule has 0 saturated carbocycles. The molecule has 1 heterocycles. The molecule has 1 saturated heterocycles. The van der Waals surface area contributed by atoms with Crippen LogP contribution in [-0.4, -0.2) is 18.0 Å². The molecule has 2 rings (SSSR count). The van der Waals surface area contributed by atoms with Crippen LogP contribution in [0.3, 0.4) is 0 Å². The molecule has 16 heavy (non-hydrogen) atoms. The van der Waals surface area contributed by atoms with Gasteiger partial charge in [-0.1, -0.05) is 43.2 Å². The van der Waals surface area contributed by atoms with Gasteiger partial charge in [0.05, 0.1) is 0 Å². The van der Waals surface area contributed by atoms with Gasteiger partial charge in [0, 0.05) is 6.04 Å². The first-order valence-electron chi connectivity index (χ1n) is 6.62. The average Bonchev–Trinajstić information content (AvgIpc) is 2.34. The molecule has 0 spiro atoms. The Hall–Kier alpha value is -0.820. The zero-order valence-electron chi connectivity index (χ0n) is 10.6. The summed E-state index contributed by atoms with van der Waals surface area (Å²) in [5.74, 6) is 0. The number of likely N-dealkylation sites (tertiary alicyclic amines) is 1. The molecule has 0 N–H and O–H groups in total. The lowest BCUT2D eigenvalue weighted by molar-refractivity contribution is 0.159. The number of nitrogens with zero attached hydrogens (tertiary/aromatic N) is 1. The predicted octanol–water partition coefficient (Wildman–Crippen LogP) is 3.93. The zero-order chi connectivity index (χ0) is 11.4. The molecule has 1 atom stereocenters. The van der Waals surface area contributed by atoms with Gasteiger partial charge in [-0.25, -0.2) is 0 Å². The third kappa shape index (κ3) is 2.65. The fourth-order valence-corrected chi connectivity index (χ4v) is 2.72. The summed E-state index contributed by atoms with van der Waals surface area (Å²) in [5.41, 5.74) is 2.85. The fraction of sp³-hybridized carbons (Fsp3) is 0.600. The summed E-state index contributed by atoms with van der Waals surface area (Å²) < 4.78 is 0. The number of piperidine rings is 1. The topological polar surface area (TPSA) is 3.24 Å². The largest absolute Gasteiger partial charge is 0.296 e. The van der Waals surface area contributed by atoms with Crippen molar-refractivity contribution < 1.29 is 0 Å². The van der Waals surface area contributed by atoms with Crippen LogP contribution >= 0.6 is 0 Å². The summed E-state index contributed by atoms with van der Waals surface area (Å²) in [6, 6.07) is 9.72. The van der Waals surface area contributed by atoms with Gasteiger partial charge in [0.15, 0.2) is 0 Å². The van der Waals surface area contributed by atoms with E-state index in [-0.39, 0.29) is 0 Å². The minimum atomic E-state index is 0.640. The van der Waals surface area contributed by atoms with E-state index in [0.29, 0.717) is 6.04 Å². The van der Waals surface area contributed by atoms with Crippen LogP contribution in [0.4, 0.5) is 0 Å². The van der Waals surface area contributed by atoms with Crippen molar-refractivity contribution in [2.75, 3.05) is 13.1 Å². The first kappa shape index (κ1) is 11.7. The molecule has 1 fully saturated rings. The van der Waals surface area contributed by atoms with Crippen LogP contribution in [-0.2, 0) is 0 Å². The number of hydrogen-bond acceptors (Lipinski definition) is 1. The lowest BCUT2D eigenvalue weighted by atomic mass is 9.99. The van der Waals surface area contributed by atoms with E-state index in [2.05, 4.69) is 43.0 Å². The Labute approximate surface area is 99.5 Å². The van der Waals surface area contributed by atoms with Gasteiger partial charge in [-0.15, -0.1) is 0 Å². The second kappa shape index (κ2) is 5.49. The monoisotopic (exact) mass is 217 g/mol. The Balaban J connectivity index is 2.11. The van der Waals surface area contributed by atoms with Gasteiger partial charge < -0.3 is 0 Å². The van der Waals surface area contributed by atoms with Crippen LogP contribution in [0.25, 0.3) is 0 Å². The van der Waals surface area contributed by atoms with Crippen molar-refractivity contribution >= 4 is 0 Å². The third-order valence-electron chi connectivity index (χ3n) is 3.68. The molecule has 1 aliphatic rings. The Morgan fingerprint density at radius 3 is 2.25 bits per heavy atom. The standard InChI is InChI=1S/C15H23N/c1-3-15(16-11-5-4-6-12-16)14-9-7-13(2)8-10-14/h7-10,15H,3-6,11-12H2,1-2H3. The van der Waals surface area contributed by atoms with Gasteiger partial charge >= 0.3 is 0 Å². The van der Waals surface area contributed by atoms with E-state index in [1.807, 2.05) is 0 Å². The summed E-state index contributed by atoms with van der Waals surface area (Å²) in [4.78, 5) is 2.66. The van der Waals surface area contributed by atoms with E-state index in [1.54, 1.807) is 0 Å². The maximum Gasteiger partial charge on any atom is 0.0345 e. The van der Waals surface area contributed by atoms with Gasteiger partial charge in [0.2, 0.25) is 0 Å². The lowest BCUT2D eigenvalue weighted by Crippen LogP contribution is -2.33. The van der Waals surface area contributed by atoms with E-state index in [4.69, 9.17) is 0 Å². The lowest BCUT2D eigenvalue weighted by Gasteiger charge is -2.34. The second-order valence-electron chi connectivity index (χ2n) is 4.93. The summed E-state index contributed by atoms with van der Waals surface area (Å²) in [5, 5.41) is 0. The zero-order valence-corrected chi connectivity index (χ0v) is 10.6. The maximum atomic E-state index is 2.66. The highest BCUT2D eigenvalue weighted by molar-refractivity contribution is 5.24. The highest BCUT2D eigenvalue weighted by Crippen LogP contribution is 2.27. The van der Waals surface area contributed by atoms with Gasteiger partial charge in [-0.3, -0.25) is 4.90 Å². The van der Waals surface area contributed by atoms with E-state index in [9.17, 15) is 0 Å². The molecule has 0 aromatic heterocycles. The van der Waals surface area contributed by atoms with Crippen molar-refractivity contribution in [3.05, 3.63) is 35.4 Å². The normalized spacial score (nSPS) is 19.6. The average molecular weight is 217 g/mol. The van der Waals surface area contributed by atoms with Crippen molar-refractivity contribution in [2.45, 2.75) is 45.6 Å². The summed E-state index contributed by atoms with van der Waals surface area (Å²) in [6.45, 7) is 7.03. The molecule has 1 aliphatic heterocycles. The SMILES string of the molecule is CCC(c1ccc(C)cc1)N1CCCCC1. The van der Waals surface area contributed by atoms with Gasteiger partial charge in [0.25, 0.3) is 0 Å². The molecule has 0 aliphatic carbocycles. The number of benzene rings is 1. The van der Waals surface area contributed by atoms with E-state index >= 15 is 0 Å². The Kier molecular flexibility index (Phi) is 4.00. The number of hydrogen-bond donors (Lipinski definition) is 0. The van der Waals surface area contributed by atoms with Crippen LogP contribution in [0, 0.1) is 6.92 Å². The molecular weight excluding hydrogens is 194 g/mol. The van der Waals surface area contributed by atoms with E-state index < -0.39 is 0 Å². The van der Waals surface area contributed by atoms with E-state index in [0.717, 1.165) is 0 Å². The highest BCUT2D eigenvalue weighted by atomic mass is 15.2. The van der Waals surface area contributed by atoms with Crippen LogP contribution in [0.2, 0.25) is 0 Å². The third-order valence-corrected chi connectivity index (χ3v) is 3.68. The Morgan fingerprint density at radius 1 is 1.06 bits per heavy atom. The first-order chi connectivity index (χ1) is 7.81. The van der Waals surface area contributed by atoms with Crippen LogP contribution in [0.15, 0.2) is 24.3 Å². The first-order valence-corrected chi connectivity index (χ1v) is 6.62. The minimum Gasteiger partial charge on any atom is -0.296 e. The van der Waals surface area contributed by atoms with Crippen molar-refractivity contribution in [2.24, 2.45) is 0 Å². The highest BCUT2D eigenvalue weighted by Gasteiger charge is 2.20. The van der Waals surface area contributed by atoms with Crippen molar-refractivity contribution in [1.82, 2.24) is 4.90 Å². The van der Waals surface area contributed by atoms with Crippen molar-refractivity contribution in [3.8, 4) is 0 Å². The molecule has 0 radical (unpaired) electrons. The smallest absolute Gasteiger partial charge is 0.0345 e. The minimum absolute atomic E-state index is 0.640. The fourth-order valence-electron chi connectivity index (χ4n) is 2.72. The molecule has 0 amide bonds. The van der Waals surface area contributed by atoms with Crippen LogP contribution in [0.1, 0.15) is 49.8 Å². The van der Waals surface area contributed by atoms with E-state index in [1.165, 1.54) is 49.9 Å².